The molecule has 4 rings (SSSR count). The second-order valence-corrected chi connectivity index (χ2v) is 6.89. The summed E-state index contributed by atoms with van der Waals surface area (Å²) in [6.07, 6.45) is 4.17. The van der Waals surface area contributed by atoms with Crippen molar-refractivity contribution in [2.24, 2.45) is 17.6 Å². The SMILES string of the molecule is CC(C)n1c(C2CC3CC3C2)nc2cc(CN)ccc21. The van der Waals surface area contributed by atoms with Crippen molar-refractivity contribution in [3.63, 3.8) is 0 Å². The maximum atomic E-state index is 5.76. The lowest BCUT2D eigenvalue weighted by Crippen LogP contribution is -2.10. The molecule has 0 aliphatic heterocycles. The van der Waals surface area contributed by atoms with E-state index in [0.717, 1.165) is 17.4 Å². The molecule has 1 heterocycles. The highest BCUT2D eigenvalue weighted by atomic mass is 15.1. The number of nitrogens with zero attached hydrogens (tertiary/aromatic N) is 2. The van der Waals surface area contributed by atoms with E-state index in [2.05, 4.69) is 36.6 Å². The van der Waals surface area contributed by atoms with Crippen LogP contribution in [-0.2, 0) is 6.54 Å². The van der Waals surface area contributed by atoms with Gasteiger partial charge in [0.2, 0.25) is 0 Å². The second-order valence-electron chi connectivity index (χ2n) is 6.89. The summed E-state index contributed by atoms with van der Waals surface area (Å²) in [6.45, 7) is 5.11. The Labute approximate surface area is 120 Å². The average Bonchev–Trinajstić information content (AvgIpc) is 2.89. The standard InChI is InChI=1S/C17H23N3/c1-10(2)20-16-4-3-11(9-18)5-15(16)19-17(20)14-7-12-6-13(12)8-14/h3-5,10,12-14H,6-9,18H2,1-2H3. The zero-order valence-electron chi connectivity index (χ0n) is 12.3. The summed E-state index contributed by atoms with van der Waals surface area (Å²) in [6, 6.07) is 6.96. The Morgan fingerprint density at radius 3 is 2.65 bits per heavy atom. The van der Waals surface area contributed by atoms with Crippen LogP contribution in [0.15, 0.2) is 18.2 Å². The number of hydrogen-bond acceptors (Lipinski definition) is 2. The van der Waals surface area contributed by atoms with Gasteiger partial charge >= 0.3 is 0 Å². The van der Waals surface area contributed by atoms with Gasteiger partial charge in [0.25, 0.3) is 0 Å². The van der Waals surface area contributed by atoms with Crippen LogP contribution < -0.4 is 5.73 Å². The minimum atomic E-state index is 0.468. The number of aromatic nitrogens is 2. The summed E-state index contributed by atoms with van der Waals surface area (Å²) in [7, 11) is 0. The lowest BCUT2D eigenvalue weighted by atomic mass is 10.0. The molecule has 2 saturated carbocycles. The lowest BCUT2D eigenvalue weighted by molar-refractivity contribution is 0.514. The van der Waals surface area contributed by atoms with Crippen molar-refractivity contribution in [1.82, 2.24) is 9.55 Å². The second kappa shape index (κ2) is 4.32. The van der Waals surface area contributed by atoms with Crippen molar-refractivity contribution in [1.29, 1.82) is 0 Å². The first kappa shape index (κ1) is 12.4. The van der Waals surface area contributed by atoms with Gasteiger partial charge in [0.15, 0.2) is 0 Å². The highest BCUT2D eigenvalue weighted by molar-refractivity contribution is 5.77. The molecular weight excluding hydrogens is 246 g/mol. The van der Waals surface area contributed by atoms with Gasteiger partial charge in [0.05, 0.1) is 11.0 Å². The van der Waals surface area contributed by atoms with Crippen LogP contribution in [0.4, 0.5) is 0 Å². The molecule has 0 saturated heterocycles. The van der Waals surface area contributed by atoms with Crippen molar-refractivity contribution >= 4 is 11.0 Å². The maximum Gasteiger partial charge on any atom is 0.113 e. The van der Waals surface area contributed by atoms with Gasteiger partial charge in [0, 0.05) is 18.5 Å². The minimum Gasteiger partial charge on any atom is -0.326 e. The van der Waals surface area contributed by atoms with Crippen molar-refractivity contribution in [3.8, 4) is 0 Å². The maximum absolute atomic E-state index is 5.76. The first-order chi connectivity index (χ1) is 9.67. The summed E-state index contributed by atoms with van der Waals surface area (Å²) in [5, 5.41) is 0. The van der Waals surface area contributed by atoms with E-state index in [1.807, 2.05) is 0 Å². The van der Waals surface area contributed by atoms with E-state index in [1.54, 1.807) is 0 Å². The van der Waals surface area contributed by atoms with E-state index in [9.17, 15) is 0 Å². The number of hydrogen-bond donors (Lipinski definition) is 1. The third kappa shape index (κ3) is 1.80. The number of nitrogens with two attached hydrogens (primary N) is 1. The minimum absolute atomic E-state index is 0.468. The molecule has 1 aromatic carbocycles. The summed E-state index contributed by atoms with van der Waals surface area (Å²) in [4.78, 5) is 4.99. The Bertz CT molecular complexity index is 646. The molecule has 1 aromatic heterocycles. The van der Waals surface area contributed by atoms with Crippen LogP contribution in [0.25, 0.3) is 11.0 Å². The number of rotatable bonds is 3. The van der Waals surface area contributed by atoms with Crippen molar-refractivity contribution in [2.45, 2.75) is 51.6 Å². The first-order valence-electron chi connectivity index (χ1n) is 7.88. The lowest BCUT2D eigenvalue weighted by Gasteiger charge is -2.18. The predicted octanol–water partition coefficient (Wildman–Crippen LogP) is 3.59. The van der Waals surface area contributed by atoms with Crippen LogP contribution >= 0.6 is 0 Å². The number of imidazole rings is 1. The first-order valence-corrected chi connectivity index (χ1v) is 7.88. The third-order valence-corrected chi connectivity index (χ3v) is 5.14. The topological polar surface area (TPSA) is 43.8 Å². The van der Waals surface area contributed by atoms with Crippen LogP contribution in [0.2, 0.25) is 0 Å². The molecule has 2 aliphatic carbocycles. The van der Waals surface area contributed by atoms with Crippen molar-refractivity contribution < 1.29 is 0 Å². The largest absolute Gasteiger partial charge is 0.326 e. The Morgan fingerprint density at radius 1 is 1.25 bits per heavy atom. The summed E-state index contributed by atoms with van der Waals surface area (Å²) in [5.74, 6) is 3.99. The smallest absolute Gasteiger partial charge is 0.113 e. The Hall–Kier alpha value is -1.35. The van der Waals surface area contributed by atoms with E-state index >= 15 is 0 Å². The number of fused-ring (bicyclic) bond motifs is 2. The van der Waals surface area contributed by atoms with Crippen LogP contribution in [-0.4, -0.2) is 9.55 Å². The van der Waals surface area contributed by atoms with E-state index < -0.39 is 0 Å². The van der Waals surface area contributed by atoms with Gasteiger partial charge < -0.3 is 10.3 Å². The van der Waals surface area contributed by atoms with E-state index in [-0.39, 0.29) is 0 Å². The zero-order valence-corrected chi connectivity index (χ0v) is 12.3. The van der Waals surface area contributed by atoms with E-state index in [4.69, 9.17) is 10.7 Å². The third-order valence-electron chi connectivity index (χ3n) is 5.14. The molecule has 3 heteroatoms. The summed E-state index contributed by atoms with van der Waals surface area (Å²) in [5.41, 5.74) is 9.32. The fourth-order valence-electron chi connectivity index (χ4n) is 4.05. The number of benzene rings is 1. The molecule has 2 fully saturated rings. The van der Waals surface area contributed by atoms with Crippen molar-refractivity contribution in [3.05, 3.63) is 29.6 Å². The zero-order chi connectivity index (χ0) is 13.9. The Balaban J connectivity index is 1.83. The molecule has 20 heavy (non-hydrogen) atoms. The average molecular weight is 269 g/mol. The molecule has 2 N–H and O–H groups in total. The van der Waals surface area contributed by atoms with Crippen LogP contribution in [0.5, 0.6) is 0 Å². The molecule has 0 spiro atoms. The van der Waals surface area contributed by atoms with E-state index in [1.165, 1.54) is 36.2 Å². The van der Waals surface area contributed by atoms with Gasteiger partial charge in [0.1, 0.15) is 5.82 Å². The molecule has 3 nitrogen and oxygen atoms in total. The summed E-state index contributed by atoms with van der Waals surface area (Å²) < 4.78 is 2.45. The van der Waals surface area contributed by atoms with Gasteiger partial charge in [-0.25, -0.2) is 4.98 Å². The quantitative estimate of drug-likeness (QED) is 0.925. The molecule has 2 atom stereocenters. The van der Waals surface area contributed by atoms with Gasteiger partial charge in [-0.15, -0.1) is 0 Å². The molecule has 0 amide bonds. The van der Waals surface area contributed by atoms with E-state index in [0.29, 0.717) is 18.5 Å². The predicted molar refractivity (Wildman–Crippen MR) is 81.6 cm³/mol. The Kier molecular flexibility index (Phi) is 2.68. The molecular formula is C17H23N3. The normalized spacial score (nSPS) is 28.3. The Morgan fingerprint density at radius 2 is 2.00 bits per heavy atom. The molecule has 106 valence electrons. The van der Waals surface area contributed by atoms with Crippen LogP contribution in [0, 0.1) is 11.8 Å². The summed E-state index contributed by atoms with van der Waals surface area (Å²) >= 11 is 0. The molecule has 2 unspecified atom stereocenters. The van der Waals surface area contributed by atoms with Gasteiger partial charge in [-0.05, 0) is 62.6 Å². The molecule has 0 bridgehead atoms. The highest BCUT2D eigenvalue weighted by Gasteiger charge is 2.47. The van der Waals surface area contributed by atoms with Gasteiger partial charge in [-0.3, -0.25) is 0 Å². The van der Waals surface area contributed by atoms with Crippen LogP contribution in [0.1, 0.15) is 56.5 Å². The fourth-order valence-corrected chi connectivity index (χ4v) is 4.05. The van der Waals surface area contributed by atoms with Gasteiger partial charge in [-0.2, -0.15) is 0 Å². The molecule has 2 aliphatic rings. The fraction of sp³-hybridized carbons (Fsp3) is 0.588. The van der Waals surface area contributed by atoms with Crippen LogP contribution in [0.3, 0.4) is 0 Å². The van der Waals surface area contributed by atoms with Crippen molar-refractivity contribution in [2.75, 3.05) is 0 Å². The highest BCUT2D eigenvalue weighted by Crippen LogP contribution is 2.57. The van der Waals surface area contributed by atoms with Gasteiger partial charge in [-0.1, -0.05) is 6.07 Å². The monoisotopic (exact) mass is 269 g/mol. The molecule has 2 aromatic rings. The molecule has 0 radical (unpaired) electrons.